The summed E-state index contributed by atoms with van der Waals surface area (Å²) in [6, 6.07) is 14.7. The average Bonchev–Trinajstić information content (AvgIpc) is 2.54. The van der Waals surface area contributed by atoms with E-state index in [2.05, 4.69) is 36.4 Å². The number of rotatable bonds is 0. The van der Waals surface area contributed by atoms with E-state index in [1.165, 1.54) is 22.3 Å². The molecule has 0 spiro atoms. The van der Waals surface area contributed by atoms with Crippen molar-refractivity contribution < 1.29 is 0 Å². The van der Waals surface area contributed by atoms with Gasteiger partial charge in [0, 0.05) is 5.69 Å². The quantitative estimate of drug-likeness (QED) is 0.575. The molecule has 0 radical (unpaired) electrons. The maximum absolute atomic E-state index is 5.77. The van der Waals surface area contributed by atoms with Crippen LogP contribution in [-0.2, 0) is 6.42 Å². The summed E-state index contributed by atoms with van der Waals surface area (Å²) in [5, 5.41) is 0. The summed E-state index contributed by atoms with van der Waals surface area (Å²) < 4.78 is 0. The van der Waals surface area contributed by atoms with Crippen molar-refractivity contribution in [1.82, 2.24) is 0 Å². The normalized spacial score (nSPS) is 11.5. The molecule has 0 aromatic heterocycles. The Kier molecular flexibility index (Phi) is 2.41. The number of hydrogen-bond acceptors (Lipinski definition) is 1. The van der Waals surface area contributed by atoms with Crippen LogP contribution in [0.3, 0.4) is 0 Å². The smallest absolute Gasteiger partial charge is 0.0317 e. The highest BCUT2D eigenvalue weighted by molar-refractivity contribution is 5.85. The lowest BCUT2D eigenvalue weighted by atomic mass is 10.1. The second kappa shape index (κ2) is 3.59. The summed E-state index contributed by atoms with van der Waals surface area (Å²) in [5.74, 6) is 0. The first-order valence-corrected chi connectivity index (χ1v) is 4.81. The van der Waals surface area contributed by atoms with Crippen molar-refractivity contribution in [3.05, 3.63) is 53.6 Å². The maximum Gasteiger partial charge on any atom is 0.0317 e. The molecule has 1 aliphatic rings. The molecule has 0 bridgehead atoms. The number of nitrogens with two attached hydrogens (primary N) is 1. The Balaban J connectivity index is 0.000000853. The molecular weight excluding hydrogens is 206 g/mol. The molecule has 76 valence electrons. The first-order chi connectivity index (χ1) is 6.84. The Labute approximate surface area is 95.3 Å². The Morgan fingerprint density at radius 3 is 2.47 bits per heavy atom. The fourth-order valence-corrected chi connectivity index (χ4v) is 2.17. The lowest BCUT2D eigenvalue weighted by Gasteiger charge is -2.00. The van der Waals surface area contributed by atoms with Crippen molar-refractivity contribution in [1.29, 1.82) is 0 Å². The molecule has 2 heteroatoms. The summed E-state index contributed by atoms with van der Waals surface area (Å²) in [6.07, 6.45) is 1.02. The fourth-order valence-electron chi connectivity index (χ4n) is 2.17. The highest BCUT2D eigenvalue weighted by Gasteiger charge is 2.16. The molecule has 0 aliphatic heterocycles. The van der Waals surface area contributed by atoms with Gasteiger partial charge in [-0.3, -0.25) is 0 Å². The van der Waals surface area contributed by atoms with Crippen molar-refractivity contribution in [3.63, 3.8) is 0 Å². The zero-order valence-electron chi connectivity index (χ0n) is 8.23. The topological polar surface area (TPSA) is 26.0 Å². The molecule has 0 unspecified atom stereocenters. The minimum atomic E-state index is 0. The molecule has 0 saturated carbocycles. The van der Waals surface area contributed by atoms with Crippen molar-refractivity contribution in [2.45, 2.75) is 6.42 Å². The Hall–Kier alpha value is -1.47. The van der Waals surface area contributed by atoms with Crippen LogP contribution in [0, 0.1) is 0 Å². The third-order valence-corrected chi connectivity index (χ3v) is 2.82. The minimum absolute atomic E-state index is 0. The molecular formula is C13H12ClN. The van der Waals surface area contributed by atoms with Gasteiger partial charge < -0.3 is 5.73 Å². The number of hydrogen-bond donors (Lipinski definition) is 1. The number of halogens is 1. The maximum atomic E-state index is 5.77. The molecule has 1 nitrogen and oxygen atoms in total. The van der Waals surface area contributed by atoms with Gasteiger partial charge in [-0.2, -0.15) is 0 Å². The Morgan fingerprint density at radius 2 is 1.60 bits per heavy atom. The Bertz CT molecular complexity index is 506. The van der Waals surface area contributed by atoms with E-state index in [1.54, 1.807) is 0 Å². The molecule has 2 aromatic carbocycles. The molecule has 2 aromatic rings. The second-order valence-corrected chi connectivity index (χ2v) is 3.75. The summed E-state index contributed by atoms with van der Waals surface area (Å²) >= 11 is 0. The van der Waals surface area contributed by atoms with Gasteiger partial charge in [0.15, 0.2) is 0 Å². The standard InChI is InChI=1S/C13H11N.ClH/c14-11-5-6-13-10(8-11)7-9-3-1-2-4-12(9)13;/h1-6,8H,7,14H2;1H. The van der Waals surface area contributed by atoms with Gasteiger partial charge in [0.2, 0.25) is 0 Å². The van der Waals surface area contributed by atoms with E-state index in [9.17, 15) is 0 Å². The summed E-state index contributed by atoms with van der Waals surface area (Å²) in [6.45, 7) is 0. The molecule has 0 fully saturated rings. The lowest BCUT2D eigenvalue weighted by molar-refractivity contribution is 1.26. The van der Waals surface area contributed by atoms with Crippen molar-refractivity contribution in [3.8, 4) is 11.1 Å². The van der Waals surface area contributed by atoms with Crippen LogP contribution in [-0.4, -0.2) is 0 Å². The number of fused-ring (bicyclic) bond motifs is 3. The summed E-state index contributed by atoms with van der Waals surface area (Å²) in [5.41, 5.74) is 12.1. The molecule has 0 heterocycles. The van der Waals surface area contributed by atoms with Gasteiger partial charge in [0.1, 0.15) is 0 Å². The van der Waals surface area contributed by atoms with Gasteiger partial charge in [-0.25, -0.2) is 0 Å². The van der Waals surface area contributed by atoms with Crippen LogP contribution in [0.5, 0.6) is 0 Å². The zero-order chi connectivity index (χ0) is 9.54. The molecule has 1 aliphatic carbocycles. The van der Waals surface area contributed by atoms with E-state index in [4.69, 9.17) is 5.73 Å². The first kappa shape index (κ1) is 10.1. The number of benzene rings is 2. The molecule has 0 atom stereocenters. The first-order valence-electron chi connectivity index (χ1n) is 4.81. The van der Waals surface area contributed by atoms with Crippen LogP contribution < -0.4 is 5.73 Å². The lowest BCUT2D eigenvalue weighted by Crippen LogP contribution is -1.86. The SMILES string of the molecule is Cl.Nc1ccc2c(c1)Cc1ccccc1-2. The van der Waals surface area contributed by atoms with E-state index in [1.807, 2.05) is 6.07 Å². The molecule has 0 saturated heterocycles. The van der Waals surface area contributed by atoms with E-state index in [-0.39, 0.29) is 12.4 Å². The predicted molar refractivity (Wildman–Crippen MR) is 66.3 cm³/mol. The van der Waals surface area contributed by atoms with Gasteiger partial charge in [-0.1, -0.05) is 30.3 Å². The molecule has 15 heavy (non-hydrogen) atoms. The summed E-state index contributed by atoms with van der Waals surface area (Å²) in [7, 11) is 0. The van der Waals surface area contributed by atoms with Crippen LogP contribution in [0.4, 0.5) is 5.69 Å². The van der Waals surface area contributed by atoms with Crippen LogP contribution in [0.1, 0.15) is 11.1 Å². The number of anilines is 1. The number of nitrogen functional groups attached to an aromatic ring is 1. The highest BCUT2D eigenvalue weighted by atomic mass is 35.5. The second-order valence-electron chi connectivity index (χ2n) is 3.75. The van der Waals surface area contributed by atoms with Crippen molar-refractivity contribution >= 4 is 18.1 Å². The van der Waals surface area contributed by atoms with Gasteiger partial charge >= 0.3 is 0 Å². The van der Waals surface area contributed by atoms with Gasteiger partial charge in [0.25, 0.3) is 0 Å². The third-order valence-electron chi connectivity index (χ3n) is 2.82. The molecule has 0 amide bonds. The predicted octanol–water partition coefficient (Wildman–Crippen LogP) is 3.26. The van der Waals surface area contributed by atoms with E-state index in [0.717, 1.165) is 12.1 Å². The van der Waals surface area contributed by atoms with Crippen LogP contribution in [0.25, 0.3) is 11.1 Å². The van der Waals surface area contributed by atoms with Gasteiger partial charge in [0.05, 0.1) is 0 Å². The van der Waals surface area contributed by atoms with Crippen molar-refractivity contribution in [2.75, 3.05) is 5.73 Å². The summed E-state index contributed by atoms with van der Waals surface area (Å²) in [4.78, 5) is 0. The van der Waals surface area contributed by atoms with E-state index < -0.39 is 0 Å². The van der Waals surface area contributed by atoms with Crippen LogP contribution in [0.2, 0.25) is 0 Å². The minimum Gasteiger partial charge on any atom is -0.399 e. The third kappa shape index (κ3) is 1.49. The zero-order valence-corrected chi connectivity index (χ0v) is 9.05. The average molecular weight is 218 g/mol. The monoisotopic (exact) mass is 217 g/mol. The highest BCUT2D eigenvalue weighted by Crippen LogP contribution is 2.36. The van der Waals surface area contributed by atoms with Crippen LogP contribution in [0.15, 0.2) is 42.5 Å². The van der Waals surface area contributed by atoms with Crippen LogP contribution >= 0.6 is 12.4 Å². The Morgan fingerprint density at radius 1 is 0.867 bits per heavy atom. The largest absolute Gasteiger partial charge is 0.399 e. The van der Waals surface area contributed by atoms with E-state index in [0.29, 0.717) is 0 Å². The molecule has 2 N–H and O–H groups in total. The fraction of sp³-hybridized carbons (Fsp3) is 0.0769. The van der Waals surface area contributed by atoms with E-state index >= 15 is 0 Å². The molecule has 3 rings (SSSR count). The van der Waals surface area contributed by atoms with Crippen molar-refractivity contribution in [2.24, 2.45) is 0 Å². The van der Waals surface area contributed by atoms with Gasteiger partial charge in [-0.15, -0.1) is 12.4 Å². The van der Waals surface area contributed by atoms with Gasteiger partial charge in [-0.05, 0) is 40.8 Å².